The molecule has 0 spiro atoms. The summed E-state index contributed by atoms with van der Waals surface area (Å²) in [6.07, 6.45) is 2.55. The second-order valence-electron chi connectivity index (χ2n) is 5.05. The minimum atomic E-state index is 0.208. The number of nitrogens with one attached hydrogen (secondary N) is 1. The normalized spacial score (nSPS) is 25.6. The summed E-state index contributed by atoms with van der Waals surface area (Å²) in [5.74, 6) is 0.208. The number of morpholine rings is 1. The number of amides is 1. The van der Waals surface area contributed by atoms with Crippen molar-refractivity contribution in [3.8, 4) is 0 Å². The van der Waals surface area contributed by atoms with E-state index in [1.807, 2.05) is 4.90 Å². The lowest BCUT2D eigenvalue weighted by Crippen LogP contribution is -2.46. The van der Waals surface area contributed by atoms with Crippen LogP contribution in [0.4, 0.5) is 0 Å². The minimum absolute atomic E-state index is 0.208. The van der Waals surface area contributed by atoms with Gasteiger partial charge in [-0.05, 0) is 25.9 Å². The van der Waals surface area contributed by atoms with E-state index in [1.54, 1.807) is 0 Å². The number of likely N-dealkylation sites (tertiary alicyclic amines) is 1. The van der Waals surface area contributed by atoms with Crippen LogP contribution in [0.3, 0.4) is 0 Å². The van der Waals surface area contributed by atoms with Gasteiger partial charge in [0.25, 0.3) is 0 Å². The van der Waals surface area contributed by atoms with Crippen molar-refractivity contribution < 1.29 is 9.53 Å². The summed E-state index contributed by atoms with van der Waals surface area (Å²) in [5, 5.41) is 3.32. The molecule has 0 aromatic heterocycles. The van der Waals surface area contributed by atoms with E-state index in [2.05, 4.69) is 17.1 Å². The van der Waals surface area contributed by atoms with Gasteiger partial charge in [0.1, 0.15) is 0 Å². The molecule has 2 saturated heterocycles. The van der Waals surface area contributed by atoms with Crippen LogP contribution in [0.15, 0.2) is 0 Å². The zero-order chi connectivity index (χ0) is 12.8. The van der Waals surface area contributed by atoms with Crippen LogP contribution in [0.1, 0.15) is 19.8 Å². The number of ether oxygens (including phenoxy) is 1. The van der Waals surface area contributed by atoms with E-state index in [0.29, 0.717) is 25.8 Å². The van der Waals surface area contributed by atoms with Crippen LogP contribution in [0.5, 0.6) is 0 Å². The van der Waals surface area contributed by atoms with E-state index in [4.69, 9.17) is 4.74 Å². The molecule has 0 saturated carbocycles. The van der Waals surface area contributed by atoms with Crippen molar-refractivity contribution in [2.24, 2.45) is 0 Å². The second kappa shape index (κ2) is 7.07. The van der Waals surface area contributed by atoms with E-state index < -0.39 is 0 Å². The first kappa shape index (κ1) is 13.8. The monoisotopic (exact) mass is 255 g/mol. The van der Waals surface area contributed by atoms with Gasteiger partial charge in [0.05, 0.1) is 19.8 Å². The number of nitrogens with zero attached hydrogens (tertiary/aromatic N) is 2. The standard InChI is InChI=1S/C13H25N3O2/c1-2-15-5-3-4-12(15)10-14-11-13(17)16-6-8-18-9-7-16/h12,14H,2-11H2,1H3. The maximum atomic E-state index is 11.9. The molecule has 0 aromatic rings. The smallest absolute Gasteiger partial charge is 0.236 e. The van der Waals surface area contributed by atoms with Crippen molar-refractivity contribution in [1.82, 2.24) is 15.1 Å². The first-order valence-corrected chi connectivity index (χ1v) is 7.11. The Morgan fingerprint density at radius 3 is 2.83 bits per heavy atom. The molecular formula is C13H25N3O2. The van der Waals surface area contributed by atoms with Gasteiger partial charge in [0.15, 0.2) is 0 Å². The van der Waals surface area contributed by atoms with Crippen LogP contribution >= 0.6 is 0 Å². The average molecular weight is 255 g/mol. The van der Waals surface area contributed by atoms with Gasteiger partial charge in [-0.25, -0.2) is 0 Å². The fourth-order valence-electron chi connectivity index (χ4n) is 2.81. The number of rotatable bonds is 5. The fraction of sp³-hybridized carbons (Fsp3) is 0.923. The zero-order valence-electron chi connectivity index (χ0n) is 11.4. The van der Waals surface area contributed by atoms with Crippen LogP contribution < -0.4 is 5.32 Å². The molecule has 1 atom stereocenters. The Hall–Kier alpha value is -0.650. The molecule has 0 aromatic carbocycles. The van der Waals surface area contributed by atoms with Crippen LogP contribution in [-0.2, 0) is 9.53 Å². The molecule has 2 aliphatic heterocycles. The maximum absolute atomic E-state index is 11.9. The molecule has 1 amide bonds. The van der Waals surface area contributed by atoms with E-state index in [0.717, 1.165) is 26.2 Å². The van der Waals surface area contributed by atoms with Gasteiger partial charge >= 0.3 is 0 Å². The third kappa shape index (κ3) is 3.67. The number of hydrogen-bond acceptors (Lipinski definition) is 4. The minimum Gasteiger partial charge on any atom is -0.378 e. The molecular weight excluding hydrogens is 230 g/mol. The first-order chi connectivity index (χ1) is 8.81. The van der Waals surface area contributed by atoms with Crippen LogP contribution in [0.25, 0.3) is 0 Å². The molecule has 0 bridgehead atoms. The molecule has 5 nitrogen and oxygen atoms in total. The van der Waals surface area contributed by atoms with Crippen molar-refractivity contribution in [3.63, 3.8) is 0 Å². The van der Waals surface area contributed by atoms with Gasteiger partial charge in [0.2, 0.25) is 5.91 Å². The predicted molar refractivity (Wildman–Crippen MR) is 70.5 cm³/mol. The lowest BCUT2D eigenvalue weighted by Gasteiger charge is -2.28. The van der Waals surface area contributed by atoms with Crippen molar-refractivity contribution >= 4 is 5.91 Å². The van der Waals surface area contributed by atoms with E-state index >= 15 is 0 Å². The third-order valence-electron chi connectivity index (χ3n) is 3.93. The highest BCUT2D eigenvalue weighted by molar-refractivity contribution is 5.78. The highest BCUT2D eigenvalue weighted by Gasteiger charge is 2.23. The number of carbonyl (C=O) groups excluding carboxylic acids is 1. The summed E-state index contributed by atoms with van der Waals surface area (Å²) < 4.78 is 5.24. The highest BCUT2D eigenvalue weighted by Crippen LogP contribution is 2.15. The van der Waals surface area contributed by atoms with Crippen molar-refractivity contribution in [2.75, 3.05) is 52.5 Å². The average Bonchev–Trinajstić information content (AvgIpc) is 2.87. The molecule has 2 heterocycles. The van der Waals surface area contributed by atoms with Crippen LogP contribution in [0, 0.1) is 0 Å². The third-order valence-corrected chi connectivity index (χ3v) is 3.93. The van der Waals surface area contributed by atoms with Gasteiger partial charge in [-0.3, -0.25) is 9.69 Å². The summed E-state index contributed by atoms with van der Waals surface area (Å²) in [5.41, 5.74) is 0. The Morgan fingerprint density at radius 2 is 2.11 bits per heavy atom. The summed E-state index contributed by atoms with van der Waals surface area (Å²) >= 11 is 0. The second-order valence-corrected chi connectivity index (χ2v) is 5.05. The first-order valence-electron chi connectivity index (χ1n) is 7.11. The largest absolute Gasteiger partial charge is 0.378 e. The number of likely N-dealkylation sites (N-methyl/N-ethyl adjacent to an activating group) is 1. The molecule has 2 rings (SSSR count). The SMILES string of the molecule is CCN1CCCC1CNCC(=O)N1CCOCC1. The quantitative estimate of drug-likeness (QED) is 0.746. The molecule has 18 heavy (non-hydrogen) atoms. The number of hydrogen-bond donors (Lipinski definition) is 1. The van der Waals surface area contributed by atoms with Gasteiger partial charge in [-0.1, -0.05) is 6.92 Å². The predicted octanol–water partition coefficient (Wildman–Crippen LogP) is -0.0809. The lowest BCUT2D eigenvalue weighted by molar-refractivity contribution is -0.134. The van der Waals surface area contributed by atoms with Crippen molar-refractivity contribution in [2.45, 2.75) is 25.8 Å². The van der Waals surface area contributed by atoms with Crippen LogP contribution in [-0.4, -0.2) is 74.2 Å². The Morgan fingerprint density at radius 1 is 1.33 bits per heavy atom. The van der Waals surface area contributed by atoms with Gasteiger partial charge < -0.3 is 15.0 Å². The van der Waals surface area contributed by atoms with Gasteiger partial charge in [0, 0.05) is 25.7 Å². The Kier molecular flexibility index (Phi) is 5.41. The maximum Gasteiger partial charge on any atom is 0.236 e. The molecule has 2 fully saturated rings. The van der Waals surface area contributed by atoms with Crippen molar-refractivity contribution in [1.29, 1.82) is 0 Å². The van der Waals surface area contributed by atoms with Gasteiger partial charge in [-0.15, -0.1) is 0 Å². The summed E-state index contributed by atoms with van der Waals surface area (Å²) in [4.78, 5) is 16.3. The van der Waals surface area contributed by atoms with Crippen molar-refractivity contribution in [3.05, 3.63) is 0 Å². The lowest BCUT2D eigenvalue weighted by atomic mass is 10.2. The van der Waals surface area contributed by atoms with E-state index in [1.165, 1.54) is 19.4 Å². The Balaban J connectivity index is 1.63. The molecule has 5 heteroatoms. The molecule has 0 radical (unpaired) electrons. The van der Waals surface area contributed by atoms with E-state index in [-0.39, 0.29) is 5.91 Å². The molecule has 104 valence electrons. The zero-order valence-corrected chi connectivity index (χ0v) is 11.4. The molecule has 1 unspecified atom stereocenters. The Bertz CT molecular complexity index is 267. The summed E-state index contributed by atoms with van der Waals surface area (Å²) in [7, 11) is 0. The highest BCUT2D eigenvalue weighted by atomic mass is 16.5. The molecule has 2 aliphatic rings. The summed E-state index contributed by atoms with van der Waals surface area (Å²) in [6.45, 7) is 8.77. The fourth-order valence-corrected chi connectivity index (χ4v) is 2.81. The summed E-state index contributed by atoms with van der Waals surface area (Å²) in [6, 6.07) is 0.618. The van der Waals surface area contributed by atoms with Gasteiger partial charge in [-0.2, -0.15) is 0 Å². The van der Waals surface area contributed by atoms with E-state index in [9.17, 15) is 4.79 Å². The van der Waals surface area contributed by atoms with Crippen LogP contribution in [0.2, 0.25) is 0 Å². The number of carbonyl (C=O) groups is 1. The molecule has 1 N–H and O–H groups in total. The Labute approximate surface area is 109 Å². The molecule has 0 aliphatic carbocycles. The topological polar surface area (TPSA) is 44.8 Å².